The van der Waals surface area contributed by atoms with Gasteiger partial charge in [-0.3, -0.25) is 0 Å². The molecule has 2 nitrogen and oxygen atoms in total. The van der Waals surface area contributed by atoms with Gasteiger partial charge >= 0.3 is 0 Å². The molecule has 1 unspecified atom stereocenters. The van der Waals surface area contributed by atoms with Gasteiger partial charge in [-0.15, -0.1) is 0 Å². The predicted molar refractivity (Wildman–Crippen MR) is 43.8 cm³/mol. The monoisotopic (exact) mass is 154 g/mol. The van der Waals surface area contributed by atoms with E-state index in [9.17, 15) is 0 Å². The fraction of sp³-hybridized carbons (Fsp3) is 0.556. The second-order valence-corrected chi connectivity index (χ2v) is 2.55. The molecule has 0 bridgehead atoms. The van der Waals surface area contributed by atoms with Crippen molar-refractivity contribution >= 4 is 0 Å². The van der Waals surface area contributed by atoms with Crippen molar-refractivity contribution < 1.29 is 9.47 Å². The lowest BCUT2D eigenvalue weighted by atomic mass is 10.4. The van der Waals surface area contributed by atoms with Gasteiger partial charge in [0.1, 0.15) is 0 Å². The Kier molecular flexibility index (Phi) is 3.02. The summed E-state index contributed by atoms with van der Waals surface area (Å²) in [5, 5.41) is 0. The summed E-state index contributed by atoms with van der Waals surface area (Å²) in [6.45, 7) is 5.32. The predicted octanol–water partition coefficient (Wildman–Crippen LogP) is 2.58. The first-order valence-corrected chi connectivity index (χ1v) is 3.95. The normalized spacial score (nSPS) is 18.8. The molecule has 0 saturated carbocycles. The summed E-state index contributed by atoms with van der Waals surface area (Å²) >= 11 is 0. The SMILES string of the molecule is C=COC(C)OC1=CCCC1. The molecule has 0 N–H and O–H groups in total. The molecule has 1 aliphatic carbocycles. The number of hydrogen-bond donors (Lipinski definition) is 0. The van der Waals surface area contributed by atoms with Gasteiger partial charge in [-0.2, -0.15) is 0 Å². The molecule has 0 aromatic carbocycles. The summed E-state index contributed by atoms with van der Waals surface area (Å²) in [5.74, 6) is 1.05. The molecule has 0 aliphatic heterocycles. The zero-order chi connectivity index (χ0) is 8.10. The van der Waals surface area contributed by atoms with Crippen LogP contribution in [0.4, 0.5) is 0 Å². The summed E-state index contributed by atoms with van der Waals surface area (Å²) in [5.41, 5.74) is 0. The van der Waals surface area contributed by atoms with E-state index in [0.29, 0.717) is 0 Å². The first-order valence-electron chi connectivity index (χ1n) is 3.95. The average molecular weight is 154 g/mol. The molecule has 0 amide bonds. The van der Waals surface area contributed by atoms with E-state index in [1.807, 2.05) is 6.92 Å². The van der Waals surface area contributed by atoms with Crippen LogP contribution in [0.5, 0.6) is 0 Å². The molecule has 2 heteroatoms. The standard InChI is InChI=1S/C9H14O2/c1-3-10-8(2)11-9-6-4-5-7-9/h3,6,8H,1,4-5,7H2,2H3. The molecule has 1 rings (SSSR count). The van der Waals surface area contributed by atoms with Crippen molar-refractivity contribution in [3.05, 3.63) is 24.7 Å². The van der Waals surface area contributed by atoms with E-state index in [-0.39, 0.29) is 6.29 Å². The average Bonchev–Trinajstić information content (AvgIpc) is 2.40. The second-order valence-electron chi connectivity index (χ2n) is 2.55. The van der Waals surface area contributed by atoms with E-state index in [0.717, 1.165) is 18.6 Å². The summed E-state index contributed by atoms with van der Waals surface area (Å²) in [4.78, 5) is 0. The molecule has 0 aromatic rings. The highest BCUT2D eigenvalue weighted by Gasteiger charge is 2.08. The fourth-order valence-electron chi connectivity index (χ4n) is 1.12. The summed E-state index contributed by atoms with van der Waals surface area (Å²) in [6, 6.07) is 0. The number of allylic oxidation sites excluding steroid dienone is 2. The van der Waals surface area contributed by atoms with Gasteiger partial charge in [0.25, 0.3) is 0 Å². The van der Waals surface area contributed by atoms with Crippen LogP contribution in [0.25, 0.3) is 0 Å². The quantitative estimate of drug-likeness (QED) is 0.457. The maximum atomic E-state index is 5.42. The number of rotatable bonds is 4. The Balaban J connectivity index is 2.23. The van der Waals surface area contributed by atoms with Crippen molar-refractivity contribution in [1.29, 1.82) is 0 Å². The smallest absolute Gasteiger partial charge is 0.236 e. The summed E-state index contributed by atoms with van der Waals surface area (Å²) < 4.78 is 10.4. The molecule has 1 atom stereocenters. The van der Waals surface area contributed by atoms with Crippen molar-refractivity contribution in [1.82, 2.24) is 0 Å². The van der Waals surface area contributed by atoms with Crippen LogP contribution in [0.15, 0.2) is 24.7 Å². The van der Waals surface area contributed by atoms with E-state index in [1.54, 1.807) is 0 Å². The highest BCUT2D eigenvalue weighted by Crippen LogP contribution is 2.20. The summed E-state index contributed by atoms with van der Waals surface area (Å²) in [6.07, 6.45) is 6.71. The molecule has 11 heavy (non-hydrogen) atoms. The van der Waals surface area contributed by atoms with Crippen LogP contribution in [-0.2, 0) is 9.47 Å². The van der Waals surface area contributed by atoms with Gasteiger partial charge in [-0.25, -0.2) is 0 Å². The number of ether oxygens (including phenoxy) is 2. The lowest BCUT2D eigenvalue weighted by Crippen LogP contribution is -2.08. The Labute approximate surface area is 67.5 Å². The molecule has 0 heterocycles. The minimum absolute atomic E-state index is 0.197. The van der Waals surface area contributed by atoms with Crippen LogP contribution in [0.1, 0.15) is 26.2 Å². The van der Waals surface area contributed by atoms with Crippen LogP contribution in [0.2, 0.25) is 0 Å². The van der Waals surface area contributed by atoms with Gasteiger partial charge in [0.15, 0.2) is 0 Å². The Bertz CT molecular complexity index is 161. The van der Waals surface area contributed by atoms with Crippen molar-refractivity contribution in [2.24, 2.45) is 0 Å². The fourth-order valence-corrected chi connectivity index (χ4v) is 1.12. The van der Waals surface area contributed by atoms with Crippen molar-refractivity contribution in [3.63, 3.8) is 0 Å². The Morgan fingerprint density at radius 2 is 2.55 bits per heavy atom. The van der Waals surface area contributed by atoms with Gasteiger partial charge in [0, 0.05) is 13.3 Å². The molecule has 1 aliphatic rings. The largest absolute Gasteiger partial charge is 0.463 e. The van der Waals surface area contributed by atoms with Gasteiger partial charge in [0.05, 0.1) is 12.0 Å². The molecule has 0 aromatic heterocycles. The zero-order valence-electron chi connectivity index (χ0n) is 6.88. The third-order valence-electron chi connectivity index (χ3n) is 1.60. The topological polar surface area (TPSA) is 18.5 Å². The zero-order valence-corrected chi connectivity index (χ0v) is 6.88. The first-order chi connectivity index (χ1) is 5.33. The van der Waals surface area contributed by atoms with E-state index < -0.39 is 0 Å². The molecule has 0 radical (unpaired) electrons. The van der Waals surface area contributed by atoms with Crippen LogP contribution < -0.4 is 0 Å². The third-order valence-corrected chi connectivity index (χ3v) is 1.60. The Morgan fingerprint density at radius 3 is 3.09 bits per heavy atom. The van der Waals surface area contributed by atoms with Gasteiger partial charge < -0.3 is 9.47 Å². The molecule has 0 fully saturated rings. The molecule has 0 saturated heterocycles. The van der Waals surface area contributed by atoms with Crippen LogP contribution >= 0.6 is 0 Å². The Hall–Kier alpha value is -0.920. The first kappa shape index (κ1) is 8.18. The third kappa shape index (κ3) is 2.66. The summed E-state index contributed by atoms with van der Waals surface area (Å²) in [7, 11) is 0. The van der Waals surface area contributed by atoms with Crippen molar-refractivity contribution in [3.8, 4) is 0 Å². The highest BCUT2D eigenvalue weighted by atomic mass is 16.7. The molecular weight excluding hydrogens is 140 g/mol. The maximum Gasteiger partial charge on any atom is 0.236 e. The van der Waals surface area contributed by atoms with Crippen LogP contribution in [0, 0.1) is 0 Å². The lowest BCUT2D eigenvalue weighted by molar-refractivity contribution is -0.0605. The van der Waals surface area contributed by atoms with Crippen molar-refractivity contribution in [2.75, 3.05) is 0 Å². The minimum Gasteiger partial charge on any atom is -0.463 e. The molecular formula is C9H14O2. The van der Waals surface area contributed by atoms with Crippen LogP contribution in [0.3, 0.4) is 0 Å². The molecule has 0 spiro atoms. The van der Waals surface area contributed by atoms with E-state index in [1.165, 1.54) is 12.7 Å². The van der Waals surface area contributed by atoms with E-state index in [4.69, 9.17) is 9.47 Å². The van der Waals surface area contributed by atoms with E-state index >= 15 is 0 Å². The van der Waals surface area contributed by atoms with Gasteiger partial charge in [0.2, 0.25) is 6.29 Å². The minimum atomic E-state index is -0.197. The maximum absolute atomic E-state index is 5.42. The molecule has 62 valence electrons. The Morgan fingerprint density at radius 1 is 1.73 bits per heavy atom. The van der Waals surface area contributed by atoms with Crippen LogP contribution in [-0.4, -0.2) is 6.29 Å². The number of hydrogen-bond acceptors (Lipinski definition) is 2. The lowest BCUT2D eigenvalue weighted by Gasteiger charge is -2.13. The van der Waals surface area contributed by atoms with Gasteiger partial charge in [-0.05, 0) is 18.9 Å². The van der Waals surface area contributed by atoms with Crippen molar-refractivity contribution in [2.45, 2.75) is 32.5 Å². The highest BCUT2D eigenvalue weighted by molar-refractivity contribution is 4.99. The van der Waals surface area contributed by atoms with Gasteiger partial charge in [-0.1, -0.05) is 6.58 Å². The second kappa shape index (κ2) is 4.06. The van der Waals surface area contributed by atoms with E-state index in [2.05, 4.69) is 12.7 Å².